The van der Waals surface area contributed by atoms with E-state index in [-0.39, 0.29) is 0 Å². The molecule has 88 valence electrons. The Bertz CT molecular complexity index is 500. The molecule has 0 amide bonds. The van der Waals surface area contributed by atoms with Crippen LogP contribution < -0.4 is 5.73 Å². The number of nitrogens with two attached hydrogens (primary N) is 1. The van der Waals surface area contributed by atoms with Crippen LogP contribution in [0.2, 0.25) is 5.02 Å². The summed E-state index contributed by atoms with van der Waals surface area (Å²) in [4.78, 5) is 8.39. The second-order valence-corrected chi connectivity index (χ2v) is 4.24. The molecule has 2 rings (SSSR count). The number of rotatable bonds is 4. The number of halogens is 1. The largest absolute Gasteiger partial charge is 0.330 e. The fraction of sp³-hybridized carbons (Fsp3) is 0.231. The number of hydrogen-bond donors (Lipinski definition) is 1. The van der Waals surface area contributed by atoms with E-state index in [1.807, 2.05) is 30.5 Å². The lowest BCUT2D eigenvalue weighted by Gasteiger charge is -2.07. The molecule has 1 aromatic carbocycles. The summed E-state index contributed by atoms with van der Waals surface area (Å²) >= 11 is 5.99. The van der Waals surface area contributed by atoms with Crippen LogP contribution in [0.5, 0.6) is 0 Å². The van der Waals surface area contributed by atoms with Crippen molar-refractivity contribution < 1.29 is 0 Å². The van der Waals surface area contributed by atoms with Crippen LogP contribution in [0.15, 0.2) is 36.8 Å². The Morgan fingerprint density at radius 3 is 2.94 bits per heavy atom. The molecule has 0 atom stereocenters. The molecule has 0 spiro atoms. The molecule has 0 aliphatic carbocycles. The molecule has 0 fully saturated rings. The summed E-state index contributed by atoms with van der Waals surface area (Å²) in [6, 6.07) is 7.69. The van der Waals surface area contributed by atoms with Crippen LogP contribution in [0.1, 0.15) is 12.0 Å². The lowest BCUT2D eigenvalue weighted by Crippen LogP contribution is -2.02. The van der Waals surface area contributed by atoms with Crippen LogP contribution >= 0.6 is 11.6 Å². The van der Waals surface area contributed by atoms with Gasteiger partial charge >= 0.3 is 0 Å². The average molecular weight is 248 g/mol. The molecular formula is C13H14ClN3. The van der Waals surface area contributed by atoms with Gasteiger partial charge in [0.05, 0.1) is 5.69 Å². The van der Waals surface area contributed by atoms with E-state index in [9.17, 15) is 0 Å². The molecule has 0 saturated heterocycles. The molecule has 1 heterocycles. The second-order valence-electron chi connectivity index (χ2n) is 3.80. The van der Waals surface area contributed by atoms with E-state index >= 15 is 0 Å². The molecule has 0 aliphatic heterocycles. The van der Waals surface area contributed by atoms with Gasteiger partial charge in [-0.3, -0.25) is 0 Å². The third-order valence-electron chi connectivity index (χ3n) is 2.54. The number of nitrogens with zero attached hydrogens (tertiary/aromatic N) is 2. The molecule has 1 aromatic heterocycles. The van der Waals surface area contributed by atoms with Gasteiger partial charge < -0.3 is 5.73 Å². The monoisotopic (exact) mass is 247 g/mol. The highest BCUT2D eigenvalue weighted by Crippen LogP contribution is 2.24. The van der Waals surface area contributed by atoms with Crippen molar-refractivity contribution in [1.29, 1.82) is 0 Å². The van der Waals surface area contributed by atoms with Crippen molar-refractivity contribution in [3.05, 3.63) is 47.4 Å². The van der Waals surface area contributed by atoms with Gasteiger partial charge in [0.1, 0.15) is 6.33 Å². The Morgan fingerprint density at radius 1 is 1.29 bits per heavy atom. The molecule has 2 N–H and O–H groups in total. The third kappa shape index (κ3) is 3.02. The second kappa shape index (κ2) is 5.75. The van der Waals surface area contributed by atoms with E-state index < -0.39 is 0 Å². The first-order chi connectivity index (χ1) is 8.31. The molecule has 0 unspecified atom stereocenters. The first kappa shape index (κ1) is 12.0. The standard InChI is InChI=1S/C13H14ClN3/c14-12-5-1-3-10(7-12)13-11(4-2-6-15)8-16-9-17-13/h1,3,5,7-9H,2,4,6,15H2. The fourth-order valence-corrected chi connectivity index (χ4v) is 1.92. The van der Waals surface area contributed by atoms with Crippen molar-refractivity contribution in [2.24, 2.45) is 5.73 Å². The van der Waals surface area contributed by atoms with E-state index in [1.54, 1.807) is 6.33 Å². The number of aromatic nitrogens is 2. The number of benzene rings is 1. The minimum Gasteiger partial charge on any atom is -0.330 e. The van der Waals surface area contributed by atoms with E-state index in [1.165, 1.54) is 0 Å². The summed E-state index contributed by atoms with van der Waals surface area (Å²) in [6.07, 6.45) is 5.22. The third-order valence-corrected chi connectivity index (χ3v) is 2.77. The van der Waals surface area contributed by atoms with Crippen molar-refractivity contribution in [3.8, 4) is 11.3 Å². The van der Waals surface area contributed by atoms with Gasteiger partial charge in [0, 0.05) is 16.8 Å². The summed E-state index contributed by atoms with van der Waals surface area (Å²) in [6.45, 7) is 0.671. The molecule has 0 saturated carbocycles. The van der Waals surface area contributed by atoms with Crippen molar-refractivity contribution in [2.75, 3.05) is 6.54 Å². The lowest BCUT2D eigenvalue weighted by atomic mass is 10.0. The van der Waals surface area contributed by atoms with Crippen LogP contribution in [0, 0.1) is 0 Å². The van der Waals surface area contributed by atoms with Crippen molar-refractivity contribution in [1.82, 2.24) is 9.97 Å². The van der Waals surface area contributed by atoms with Gasteiger partial charge in [-0.15, -0.1) is 0 Å². The Hall–Kier alpha value is -1.45. The average Bonchev–Trinajstić information content (AvgIpc) is 2.37. The summed E-state index contributed by atoms with van der Waals surface area (Å²) in [5.41, 5.74) is 8.60. The summed E-state index contributed by atoms with van der Waals surface area (Å²) in [5.74, 6) is 0. The zero-order valence-electron chi connectivity index (χ0n) is 9.44. The normalized spacial score (nSPS) is 10.5. The molecule has 17 heavy (non-hydrogen) atoms. The summed E-state index contributed by atoms with van der Waals surface area (Å²) in [5, 5.41) is 0.714. The van der Waals surface area contributed by atoms with E-state index in [0.29, 0.717) is 11.6 Å². The topological polar surface area (TPSA) is 51.8 Å². The first-order valence-corrected chi connectivity index (χ1v) is 5.94. The van der Waals surface area contributed by atoms with Crippen molar-refractivity contribution in [2.45, 2.75) is 12.8 Å². The highest BCUT2D eigenvalue weighted by atomic mass is 35.5. The smallest absolute Gasteiger partial charge is 0.116 e. The predicted molar refractivity (Wildman–Crippen MR) is 69.9 cm³/mol. The minimum absolute atomic E-state index is 0.671. The Balaban J connectivity index is 2.37. The van der Waals surface area contributed by atoms with Gasteiger partial charge in [0.2, 0.25) is 0 Å². The maximum Gasteiger partial charge on any atom is 0.116 e. The van der Waals surface area contributed by atoms with Crippen LogP contribution in [0.4, 0.5) is 0 Å². The summed E-state index contributed by atoms with van der Waals surface area (Å²) < 4.78 is 0. The number of hydrogen-bond acceptors (Lipinski definition) is 3. The van der Waals surface area contributed by atoms with Crippen molar-refractivity contribution >= 4 is 11.6 Å². The van der Waals surface area contributed by atoms with Crippen LogP contribution in [0.3, 0.4) is 0 Å². The van der Waals surface area contributed by atoms with Crippen LogP contribution in [-0.2, 0) is 6.42 Å². The number of aryl methyl sites for hydroxylation is 1. The molecule has 0 bridgehead atoms. The fourth-order valence-electron chi connectivity index (χ4n) is 1.73. The van der Waals surface area contributed by atoms with Gasteiger partial charge in [-0.05, 0) is 37.1 Å². The predicted octanol–water partition coefficient (Wildman–Crippen LogP) is 2.69. The van der Waals surface area contributed by atoms with Gasteiger partial charge in [-0.2, -0.15) is 0 Å². The molecule has 0 radical (unpaired) electrons. The Labute approximate surface area is 106 Å². The quantitative estimate of drug-likeness (QED) is 0.904. The van der Waals surface area contributed by atoms with E-state index in [4.69, 9.17) is 17.3 Å². The molecule has 3 nitrogen and oxygen atoms in total. The highest BCUT2D eigenvalue weighted by Gasteiger charge is 2.06. The van der Waals surface area contributed by atoms with Gasteiger partial charge in [0.25, 0.3) is 0 Å². The first-order valence-electron chi connectivity index (χ1n) is 5.56. The van der Waals surface area contributed by atoms with Gasteiger partial charge in [-0.1, -0.05) is 23.7 Å². The van der Waals surface area contributed by atoms with E-state index in [0.717, 1.165) is 29.7 Å². The molecule has 4 heteroatoms. The molecular weight excluding hydrogens is 234 g/mol. The van der Waals surface area contributed by atoms with E-state index in [2.05, 4.69) is 9.97 Å². The maximum atomic E-state index is 5.99. The minimum atomic E-state index is 0.671. The Morgan fingerprint density at radius 2 is 2.18 bits per heavy atom. The summed E-state index contributed by atoms with van der Waals surface area (Å²) in [7, 11) is 0. The van der Waals surface area contributed by atoms with Crippen molar-refractivity contribution in [3.63, 3.8) is 0 Å². The maximum absolute atomic E-state index is 5.99. The van der Waals surface area contributed by atoms with Gasteiger partial charge in [-0.25, -0.2) is 9.97 Å². The molecule has 2 aromatic rings. The van der Waals surface area contributed by atoms with Gasteiger partial charge in [0.15, 0.2) is 0 Å². The lowest BCUT2D eigenvalue weighted by molar-refractivity contribution is 0.825. The zero-order chi connectivity index (χ0) is 12.1. The van der Waals surface area contributed by atoms with Crippen LogP contribution in [-0.4, -0.2) is 16.5 Å². The molecule has 0 aliphatic rings. The highest BCUT2D eigenvalue weighted by molar-refractivity contribution is 6.30. The Kier molecular flexibility index (Phi) is 4.07. The van der Waals surface area contributed by atoms with Crippen LogP contribution in [0.25, 0.3) is 11.3 Å². The SMILES string of the molecule is NCCCc1cncnc1-c1cccc(Cl)c1. The zero-order valence-corrected chi connectivity index (χ0v) is 10.2.